The molecule has 0 N–H and O–H groups in total. The van der Waals surface area contributed by atoms with Crippen LogP contribution in [0.15, 0.2) is 42.5 Å². The van der Waals surface area contributed by atoms with Gasteiger partial charge in [0.15, 0.2) is 11.5 Å². The maximum atomic E-state index is 12.8. The van der Waals surface area contributed by atoms with Crippen LogP contribution in [-0.2, 0) is 0 Å². The van der Waals surface area contributed by atoms with E-state index >= 15 is 0 Å². The highest BCUT2D eigenvalue weighted by Crippen LogP contribution is 2.32. The summed E-state index contributed by atoms with van der Waals surface area (Å²) in [6.07, 6.45) is 0. The van der Waals surface area contributed by atoms with Gasteiger partial charge in [-0.1, -0.05) is 12.1 Å². The second kappa shape index (κ2) is 7.87. The van der Waals surface area contributed by atoms with Crippen molar-refractivity contribution in [3.63, 3.8) is 0 Å². The largest absolute Gasteiger partial charge is 0.493 e. The van der Waals surface area contributed by atoms with Crippen LogP contribution in [0, 0.1) is 0 Å². The molecule has 0 unspecified atom stereocenters. The Morgan fingerprint density at radius 1 is 1.19 bits per heavy atom. The van der Waals surface area contributed by atoms with E-state index in [0.29, 0.717) is 5.56 Å². The van der Waals surface area contributed by atoms with E-state index in [1.165, 1.54) is 36.6 Å². The Morgan fingerprint density at radius 2 is 1.93 bits per heavy atom. The van der Waals surface area contributed by atoms with E-state index < -0.39 is 6.61 Å². The fourth-order valence-electron chi connectivity index (χ4n) is 2.61. The number of hydrogen-bond donors (Lipinski definition) is 0. The SMILES string of the molecule is COc1cc(C(=O)N(C)[C@@H](C)c2nc3ccccc3s2)ccc1OC(F)F. The smallest absolute Gasteiger partial charge is 0.387 e. The fourth-order valence-corrected chi connectivity index (χ4v) is 3.67. The number of benzene rings is 2. The molecule has 3 aromatic rings. The summed E-state index contributed by atoms with van der Waals surface area (Å²) in [7, 11) is 3.00. The lowest BCUT2D eigenvalue weighted by Crippen LogP contribution is -2.29. The van der Waals surface area contributed by atoms with Gasteiger partial charge in [0, 0.05) is 12.6 Å². The zero-order chi connectivity index (χ0) is 19.6. The van der Waals surface area contributed by atoms with E-state index in [2.05, 4.69) is 9.72 Å². The van der Waals surface area contributed by atoms with Crippen molar-refractivity contribution in [1.29, 1.82) is 0 Å². The number of halogens is 2. The number of carbonyl (C=O) groups is 1. The molecule has 1 atom stereocenters. The number of aromatic nitrogens is 1. The van der Waals surface area contributed by atoms with Crippen LogP contribution in [0.3, 0.4) is 0 Å². The summed E-state index contributed by atoms with van der Waals surface area (Å²) in [6, 6.07) is 11.6. The lowest BCUT2D eigenvalue weighted by Gasteiger charge is -2.23. The van der Waals surface area contributed by atoms with Gasteiger partial charge in [0.05, 0.1) is 23.4 Å². The maximum Gasteiger partial charge on any atom is 0.387 e. The molecular weight excluding hydrogens is 374 g/mol. The van der Waals surface area contributed by atoms with E-state index in [4.69, 9.17) is 4.74 Å². The number of thiazole rings is 1. The highest BCUT2D eigenvalue weighted by atomic mass is 32.1. The highest BCUT2D eigenvalue weighted by Gasteiger charge is 2.23. The molecule has 0 fully saturated rings. The molecule has 0 bridgehead atoms. The standard InChI is InChI=1S/C19H18F2N2O3S/c1-11(17-22-13-6-4-5-7-16(13)27-17)23(2)18(24)12-8-9-14(26-19(20)21)15(10-12)25-3/h4-11,19H,1-3H3/t11-/m0/s1. The highest BCUT2D eigenvalue weighted by molar-refractivity contribution is 7.18. The minimum absolute atomic E-state index is 0.0715. The van der Waals surface area contributed by atoms with Crippen molar-refractivity contribution in [2.24, 2.45) is 0 Å². The molecule has 1 aromatic heterocycles. The maximum absolute atomic E-state index is 12.8. The molecule has 0 saturated heterocycles. The normalized spacial score (nSPS) is 12.2. The number of nitrogens with zero attached hydrogens (tertiary/aromatic N) is 2. The first-order valence-electron chi connectivity index (χ1n) is 8.16. The third-order valence-electron chi connectivity index (χ3n) is 4.20. The van der Waals surface area contributed by atoms with Crippen LogP contribution in [0.1, 0.15) is 28.3 Å². The number of alkyl halides is 2. The minimum atomic E-state index is -2.97. The van der Waals surface area contributed by atoms with Crippen molar-refractivity contribution in [2.75, 3.05) is 14.2 Å². The van der Waals surface area contributed by atoms with Gasteiger partial charge in [0.25, 0.3) is 5.91 Å². The van der Waals surface area contributed by atoms with Gasteiger partial charge in [-0.05, 0) is 37.3 Å². The van der Waals surface area contributed by atoms with Crippen LogP contribution in [0.5, 0.6) is 11.5 Å². The van der Waals surface area contributed by atoms with Crippen LogP contribution in [-0.4, -0.2) is 36.6 Å². The van der Waals surface area contributed by atoms with Gasteiger partial charge in [-0.15, -0.1) is 11.3 Å². The number of carbonyl (C=O) groups excluding carboxylic acids is 1. The molecule has 0 radical (unpaired) electrons. The molecule has 0 aliphatic heterocycles. The van der Waals surface area contributed by atoms with Crippen LogP contribution in [0.4, 0.5) is 8.78 Å². The van der Waals surface area contributed by atoms with Crippen molar-refractivity contribution in [3.8, 4) is 11.5 Å². The predicted octanol–water partition coefficient (Wildman–Crippen LogP) is 4.74. The average molecular weight is 392 g/mol. The summed E-state index contributed by atoms with van der Waals surface area (Å²) in [5, 5.41) is 0.816. The average Bonchev–Trinajstić information content (AvgIpc) is 3.10. The molecule has 3 rings (SSSR count). The van der Waals surface area contributed by atoms with Gasteiger partial charge >= 0.3 is 6.61 Å². The molecule has 2 aromatic carbocycles. The molecule has 0 aliphatic carbocycles. The van der Waals surface area contributed by atoms with Crippen molar-refractivity contribution >= 4 is 27.5 Å². The van der Waals surface area contributed by atoms with Crippen LogP contribution >= 0.6 is 11.3 Å². The first-order valence-corrected chi connectivity index (χ1v) is 8.98. The number of methoxy groups -OCH3 is 1. The molecule has 1 heterocycles. The molecule has 0 saturated carbocycles. The summed E-state index contributed by atoms with van der Waals surface area (Å²) < 4.78 is 35.4. The molecule has 0 aliphatic rings. The molecule has 1 amide bonds. The lowest BCUT2D eigenvalue weighted by atomic mass is 10.1. The van der Waals surface area contributed by atoms with E-state index in [-0.39, 0.29) is 23.4 Å². The number of amides is 1. The van der Waals surface area contributed by atoms with E-state index in [9.17, 15) is 13.6 Å². The third kappa shape index (κ3) is 4.00. The zero-order valence-electron chi connectivity index (χ0n) is 15.0. The van der Waals surface area contributed by atoms with Crippen molar-refractivity contribution in [1.82, 2.24) is 9.88 Å². The second-order valence-corrected chi connectivity index (χ2v) is 6.92. The Kier molecular flexibility index (Phi) is 5.55. The van der Waals surface area contributed by atoms with Gasteiger partial charge in [-0.25, -0.2) is 4.98 Å². The second-order valence-electron chi connectivity index (χ2n) is 5.86. The fraction of sp³-hybridized carbons (Fsp3) is 0.263. The Balaban J connectivity index is 1.83. The summed E-state index contributed by atoms with van der Waals surface area (Å²) in [5.74, 6) is -0.322. The minimum Gasteiger partial charge on any atom is -0.493 e. The van der Waals surface area contributed by atoms with E-state index in [0.717, 1.165) is 15.2 Å². The van der Waals surface area contributed by atoms with Gasteiger partial charge in [-0.3, -0.25) is 4.79 Å². The number of rotatable bonds is 6. The first-order chi connectivity index (χ1) is 12.9. The van der Waals surface area contributed by atoms with Crippen LogP contribution < -0.4 is 9.47 Å². The quantitative estimate of drug-likeness (QED) is 0.608. The van der Waals surface area contributed by atoms with Crippen molar-refractivity contribution in [2.45, 2.75) is 19.6 Å². The Bertz CT molecular complexity index is 928. The molecule has 27 heavy (non-hydrogen) atoms. The van der Waals surface area contributed by atoms with Crippen LogP contribution in [0.25, 0.3) is 10.2 Å². The Hall–Kier alpha value is -2.74. The number of hydrogen-bond acceptors (Lipinski definition) is 5. The molecule has 8 heteroatoms. The Morgan fingerprint density at radius 3 is 2.59 bits per heavy atom. The van der Waals surface area contributed by atoms with Gasteiger partial charge in [0.2, 0.25) is 0 Å². The van der Waals surface area contributed by atoms with Gasteiger partial charge < -0.3 is 14.4 Å². The van der Waals surface area contributed by atoms with Crippen molar-refractivity contribution in [3.05, 3.63) is 53.0 Å². The first kappa shape index (κ1) is 19.0. The summed E-state index contributed by atoms with van der Waals surface area (Å²) in [6.45, 7) is -1.08. The molecule has 5 nitrogen and oxygen atoms in total. The summed E-state index contributed by atoms with van der Waals surface area (Å²) >= 11 is 1.53. The van der Waals surface area contributed by atoms with Crippen LogP contribution in [0.2, 0.25) is 0 Å². The van der Waals surface area contributed by atoms with E-state index in [1.54, 1.807) is 11.9 Å². The lowest BCUT2D eigenvalue weighted by molar-refractivity contribution is -0.0512. The van der Waals surface area contributed by atoms with Crippen molar-refractivity contribution < 1.29 is 23.0 Å². The van der Waals surface area contributed by atoms with E-state index in [1.807, 2.05) is 31.2 Å². The summed E-state index contributed by atoms with van der Waals surface area (Å²) in [5.41, 5.74) is 1.20. The van der Waals surface area contributed by atoms with Gasteiger partial charge in [0.1, 0.15) is 5.01 Å². The zero-order valence-corrected chi connectivity index (χ0v) is 15.8. The number of fused-ring (bicyclic) bond motifs is 1. The number of ether oxygens (including phenoxy) is 2. The van der Waals surface area contributed by atoms with Gasteiger partial charge in [-0.2, -0.15) is 8.78 Å². The third-order valence-corrected chi connectivity index (χ3v) is 5.40. The monoisotopic (exact) mass is 392 g/mol. The summed E-state index contributed by atoms with van der Waals surface area (Å²) in [4.78, 5) is 19.0. The molecular formula is C19H18F2N2O3S. The topological polar surface area (TPSA) is 51.7 Å². The molecule has 0 spiro atoms. The number of para-hydroxylation sites is 1. The Labute approximate surface area is 159 Å². The molecule has 142 valence electrons. The predicted molar refractivity (Wildman–Crippen MR) is 99.8 cm³/mol.